The van der Waals surface area contributed by atoms with E-state index in [1.807, 2.05) is 24.6 Å². The number of anilines is 1. The van der Waals surface area contributed by atoms with Gasteiger partial charge in [0.15, 0.2) is 0 Å². The molecule has 0 aliphatic carbocycles. The van der Waals surface area contributed by atoms with Crippen LogP contribution in [0.15, 0.2) is 24.4 Å². The lowest BCUT2D eigenvalue weighted by Crippen LogP contribution is -2.29. The van der Waals surface area contributed by atoms with Crippen LogP contribution in [0.25, 0.3) is 0 Å². The molecule has 0 aromatic carbocycles. The molecule has 3 nitrogen and oxygen atoms in total. The van der Waals surface area contributed by atoms with Crippen LogP contribution in [0.4, 0.5) is 5.69 Å². The van der Waals surface area contributed by atoms with Crippen LogP contribution >= 0.6 is 11.3 Å². The van der Waals surface area contributed by atoms with Crippen LogP contribution in [0.2, 0.25) is 0 Å². The molecule has 4 heteroatoms. The summed E-state index contributed by atoms with van der Waals surface area (Å²) in [6.45, 7) is 6.57. The van der Waals surface area contributed by atoms with Gasteiger partial charge in [0.1, 0.15) is 0 Å². The zero-order chi connectivity index (χ0) is 14.8. The molecule has 1 atom stereocenters. The van der Waals surface area contributed by atoms with Gasteiger partial charge in [-0.15, -0.1) is 11.3 Å². The van der Waals surface area contributed by atoms with E-state index < -0.39 is 0 Å². The number of aromatic nitrogens is 1. The minimum atomic E-state index is 0.452. The Hall–Kier alpha value is -1.39. The van der Waals surface area contributed by atoms with Gasteiger partial charge < -0.3 is 10.2 Å². The molecule has 2 aromatic rings. The molecule has 21 heavy (non-hydrogen) atoms. The molecule has 112 valence electrons. The van der Waals surface area contributed by atoms with Crippen LogP contribution in [0.3, 0.4) is 0 Å². The molecule has 0 saturated carbocycles. The number of rotatable bonds is 5. The summed E-state index contributed by atoms with van der Waals surface area (Å²) >= 11 is 1.91. The van der Waals surface area contributed by atoms with Crippen LogP contribution in [-0.2, 0) is 6.42 Å². The molecule has 1 N–H and O–H groups in total. The van der Waals surface area contributed by atoms with E-state index >= 15 is 0 Å². The highest BCUT2D eigenvalue weighted by Crippen LogP contribution is 2.38. The number of aryl methyl sites for hydroxylation is 2. The van der Waals surface area contributed by atoms with Gasteiger partial charge in [-0.2, -0.15) is 0 Å². The van der Waals surface area contributed by atoms with Gasteiger partial charge >= 0.3 is 0 Å². The normalized spacial score (nSPS) is 15.3. The maximum absolute atomic E-state index is 4.54. The van der Waals surface area contributed by atoms with Crippen molar-refractivity contribution in [2.24, 2.45) is 0 Å². The largest absolute Gasteiger partial charge is 0.363 e. The first-order valence-corrected chi connectivity index (χ1v) is 8.44. The van der Waals surface area contributed by atoms with Crippen molar-refractivity contribution >= 4 is 17.0 Å². The summed E-state index contributed by atoms with van der Waals surface area (Å²) in [5, 5.41) is 3.30. The quantitative estimate of drug-likeness (QED) is 0.916. The van der Waals surface area contributed by atoms with E-state index in [0.717, 1.165) is 25.9 Å². The van der Waals surface area contributed by atoms with Gasteiger partial charge in [0.25, 0.3) is 0 Å². The first kappa shape index (κ1) is 14.5. The minimum absolute atomic E-state index is 0.452. The van der Waals surface area contributed by atoms with Crippen molar-refractivity contribution in [3.05, 3.63) is 45.4 Å². The molecule has 0 saturated heterocycles. The predicted molar refractivity (Wildman–Crippen MR) is 90.4 cm³/mol. The molecule has 0 radical (unpaired) electrons. The molecule has 0 amide bonds. The molecule has 0 spiro atoms. The monoisotopic (exact) mass is 301 g/mol. The van der Waals surface area contributed by atoms with E-state index in [0.29, 0.717) is 6.04 Å². The number of nitrogens with zero attached hydrogens (tertiary/aromatic N) is 2. The number of thiophene rings is 1. The zero-order valence-corrected chi connectivity index (χ0v) is 13.8. The standard InChI is InChI=1S/C17H23N3S/c1-12-11-14(13(2)21-12)16(6-9-18-3)20-10-7-15-17(20)5-4-8-19-15/h4-5,8,11,16,18H,6-7,9-10H2,1-3H3/t16-/m1/s1. The third kappa shape index (κ3) is 2.83. The first-order chi connectivity index (χ1) is 10.2. The van der Waals surface area contributed by atoms with Crippen LogP contribution < -0.4 is 10.2 Å². The van der Waals surface area contributed by atoms with E-state index in [1.165, 1.54) is 26.7 Å². The number of pyridine rings is 1. The third-order valence-corrected chi connectivity index (χ3v) is 5.23. The molecule has 2 aromatic heterocycles. The average Bonchev–Trinajstić information content (AvgIpc) is 3.04. The zero-order valence-electron chi connectivity index (χ0n) is 13.0. The molecule has 1 aliphatic heterocycles. The SMILES string of the molecule is CNCC[C@H](c1cc(C)sc1C)N1CCc2ncccc21. The fourth-order valence-electron chi connectivity index (χ4n) is 3.30. The lowest BCUT2D eigenvalue weighted by atomic mass is 10.0. The van der Waals surface area contributed by atoms with Gasteiger partial charge in [-0.1, -0.05) is 0 Å². The lowest BCUT2D eigenvalue weighted by molar-refractivity contribution is 0.568. The van der Waals surface area contributed by atoms with Gasteiger partial charge in [0.2, 0.25) is 0 Å². The van der Waals surface area contributed by atoms with Crippen molar-refractivity contribution in [1.29, 1.82) is 0 Å². The molecular formula is C17H23N3S. The topological polar surface area (TPSA) is 28.2 Å². The van der Waals surface area contributed by atoms with Gasteiger partial charge in [-0.05, 0) is 57.6 Å². The summed E-state index contributed by atoms with van der Waals surface area (Å²) < 4.78 is 0. The van der Waals surface area contributed by atoms with Crippen molar-refractivity contribution in [2.45, 2.75) is 32.7 Å². The Labute approximate surface area is 131 Å². The lowest BCUT2D eigenvalue weighted by Gasteiger charge is -2.30. The third-order valence-electron chi connectivity index (χ3n) is 4.25. The second kappa shape index (κ2) is 6.16. The highest BCUT2D eigenvalue weighted by molar-refractivity contribution is 7.12. The molecule has 1 aliphatic rings. The smallest absolute Gasteiger partial charge is 0.0654 e. The van der Waals surface area contributed by atoms with Crippen molar-refractivity contribution in [2.75, 3.05) is 25.0 Å². The number of nitrogens with one attached hydrogen (secondary N) is 1. The highest BCUT2D eigenvalue weighted by atomic mass is 32.1. The molecule has 0 bridgehead atoms. The maximum Gasteiger partial charge on any atom is 0.0654 e. The van der Waals surface area contributed by atoms with Crippen LogP contribution in [0.1, 0.15) is 33.5 Å². The average molecular weight is 301 g/mol. The highest BCUT2D eigenvalue weighted by Gasteiger charge is 2.29. The van der Waals surface area contributed by atoms with Gasteiger partial charge in [-0.3, -0.25) is 4.98 Å². The number of fused-ring (bicyclic) bond motifs is 1. The second-order valence-electron chi connectivity index (χ2n) is 5.69. The summed E-state index contributed by atoms with van der Waals surface area (Å²) in [7, 11) is 2.03. The van der Waals surface area contributed by atoms with Crippen LogP contribution in [0, 0.1) is 13.8 Å². The van der Waals surface area contributed by atoms with Crippen molar-refractivity contribution < 1.29 is 0 Å². The van der Waals surface area contributed by atoms with Gasteiger partial charge in [0.05, 0.1) is 17.4 Å². The van der Waals surface area contributed by atoms with E-state index in [4.69, 9.17) is 0 Å². The maximum atomic E-state index is 4.54. The summed E-state index contributed by atoms with van der Waals surface area (Å²) in [5.41, 5.74) is 4.06. The van der Waals surface area contributed by atoms with E-state index in [1.54, 1.807) is 0 Å². The summed E-state index contributed by atoms with van der Waals surface area (Å²) in [6, 6.07) is 7.09. The van der Waals surface area contributed by atoms with Crippen molar-refractivity contribution in [1.82, 2.24) is 10.3 Å². The van der Waals surface area contributed by atoms with Crippen LogP contribution in [0.5, 0.6) is 0 Å². The summed E-state index contributed by atoms with van der Waals surface area (Å²) in [5.74, 6) is 0. The molecule has 3 heterocycles. The van der Waals surface area contributed by atoms with E-state index in [2.05, 4.69) is 47.2 Å². The Morgan fingerprint density at radius 2 is 2.29 bits per heavy atom. The Morgan fingerprint density at radius 3 is 3.00 bits per heavy atom. The predicted octanol–water partition coefficient (Wildman–Crippen LogP) is 3.47. The Bertz CT molecular complexity index is 620. The Morgan fingerprint density at radius 1 is 1.43 bits per heavy atom. The number of hydrogen-bond donors (Lipinski definition) is 1. The van der Waals surface area contributed by atoms with E-state index in [9.17, 15) is 0 Å². The molecular weight excluding hydrogens is 278 g/mol. The first-order valence-electron chi connectivity index (χ1n) is 7.62. The minimum Gasteiger partial charge on any atom is -0.363 e. The second-order valence-corrected chi connectivity index (χ2v) is 7.15. The summed E-state index contributed by atoms with van der Waals surface area (Å²) in [4.78, 5) is 9.94. The summed E-state index contributed by atoms with van der Waals surface area (Å²) in [6.07, 6.45) is 4.10. The van der Waals surface area contributed by atoms with Crippen LogP contribution in [-0.4, -0.2) is 25.1 Å². The molecule has 0 fully saturated rings. The Kier molecular flexibility index (Phi) is 4.27. The van der Waals surface area contributed by atoms with Gasteiger partial charge in [0, 0.05) is 28.9 Å². The van der Waals surface area contributed by atoms with Crippen molar-refractivity contribution in [3.8, 4) is 0 Å². The number of hydrogen-bond acceptors (Lipinski definition) is 4. The van der Waals surface area contributed by atoms with Gasteiger partial charge in [-0.25, -0.2) is 0 Å². The Balaban J connectivity index is 1.95. The molecule has 0 unspecified atom stereocenters. The fourth-order valence-corrected chi connectivity index (χ4v) is 4.28. The van der Waals surface area contributed by atoms with Crippen molar-refractivity contribution in [3.63, 3.8) is 0 Å². The molecule has 3 rings (SSSR count). The fraction of sp³-hybridized carbons (Fsp3) is 0.471. The van der Waals surface area contributed by atoms with E-state index in [-0.39, 0.29) is 0 Å².